The Morgan fingerprint density at radius 1 is 1.21 bits per heavy atom. The highest BCUT2D eigenvalue weighted by Gasteiger charge is 2.13. The average Bonchev–Trinajstić information content (AvgIpc) is 2.98. The molecular formula is C17H31N5O2. The van der Waals surface area contributed by atoms with E-state index in [0.29, 0.717) is 12.5 Å². The summed E-state index contributed by atoms with van der Waals surface area (Å²) in [6.07, 6.45) is 3.76. The number of carbonyl (C=O) groups is 1. The van der Waals surface area contributed by atoms with Gasteiger partial charge in [0.1, 0.15) is 5.76 Å². The van der Waals surface area contributed by atoms with Gasteiger partial charge in [0.05, 0.1) is 18.8 Å². The zero-order valence-corrected chi connectivity index (χ0v) is 15.6. The van der Waals surface area contributed by atoms with Crippen molar-refractivity contribution in [1.29, 1.82) is 0 Å². The fourth-order valence-corrected chi connectivity index (χ4v) is 2.15. The molecule has 0 radical (unpaired) electrons. The third-order valence-corrected chi connectivity index (χ3v) is 3.73. The van der Waals surface area contributed by atoms with Gasteiger partial charge in [-0.2, -0.15) is 0 Å². The van der Waals surface area contributed by atoms with Crippen molar-refractivity contribution in [3.63, 3.8) is 0 Å². The number of hydrogen-bond donors (Lipinski definition) is 2. The van der Waals surface area contributed by atoms with Crippen molar-refractivity contribution in [2.75, 3.05) is 27.2 Å². The summed E-state index contributed by atoms with van der Waals surface area (Å²) in [4.78, 5) is 17.9. The molecule has 0 aliphatic heterocycles. The molecule has 0 aliphatic rings. The van der Waals surface area contributed by atoms with Gasteiger partial charge in [-0.25, -0.2) is 4.99 Å². The molecule has 0 spiro atoms. The third-order valence-electron chi connectivity index (χ3n) is 3.73. The summed E-state index contributed by atoms with van der Waals surface area (Å²) in [6, 6.07) is 0. The van der Waals surface area contributed by atoms with Crippen LogP contribution in [0.2, 0.25) is 0 Å². The Bertz CT molecular complexity index is 516. The molecule has 7 nitrogen and oxygen atoms in total. The van der Waals surface area contributed by atoms with Gasteiger partial charge in [0, 0.05) is 32.6 Å². The molecule has 0 aromatic carbocycles. The molecule has 2 N–H and O–H groups in total. The molecule has 136 valence electrons. The second-order valence-electron chi connectivity index (χ2n) is 5.82. The van der Waals surface area contributed by atoms with E-state index in [2.05, 4.69) is 34.6 Å². The van der Waals surface area contributed by atoms with Crippen molar-refractivity contribution in [3.05, 3.63) is 17.0 Å². The Labute approximate surface area is 144 Å². The molecule has 1 aromatic heterocycles. The lowest BCUT2D eigenvalue weighted by Crippen LogP contribution is -2.43. The van der Waals surface area contributed by atoms with E-state index in [-0.39, 0.29) is 12.5 Å². The number of nitrogens with one attached hydrogen (secondary N) is 2. The lowest BCUT2D eigenvalue weighted by atomic mass is 10.1. The number of hydrogen-bond acceptors (Lipinski definition) is 4. The smallest absolute Gasteiger partial charge is 0.241 e. The minimum Gasteiger partial charge on any atom is -0.361 e. The molecule has 24 heavy (non-hydrogen) atoms. The van der Waals surface area contributed by atoms with Crippen molar-refractivity contribution >= 4 is 11.9 Å². The second-order valence-corrected chi connectivity index (χ2v) is 5.82. The van der Waals surface area contributed by atoms with E-state index in [9.17, 15) is 4.79 Å². The van der Waals surface area contributed by atoms with Crippen LogP contribution in [0.5, 0.6) is 0 Å². The third kappa shape index (κ3) is 6.22. The maximum atomic E-state index is 11.8. The number of nitrogens with zero attached hydrogens (tertiary/aromatic N) is 3. The predicted molar refractivity (Wildman–Crippen MR) is 96.0 cm³/mol. The highest BCUT2D eigenvalue weighted by atomic mass is 16.5. The fourth-order valence-electron chi connectivity index (χ4n) is 2.15. The minimum absolute atomic E-state index is 0.00784. The summed E-state index contributed by atoms with van der Waals surface area (Å²) in [7, 11) is 3.48. The van der Waals surface area contributed by atoms with Crippen LogP contribution in [-0.2, 0) is 24.2 Å². The summed E-state index contributed by atoms with van der Waals surface area (Å²) >= 11 is 0. The second kappa shape index (κ2) is 10.7. The van der Waals surface area contributed by atoms with Crippen molar-refractivity contribution in [3.8, 4) is 0 Å². The monoisotopic (exact) mass is 337 g/mol. The van der Waals surface area contributed by atoms with E-state index in [1.807, 2.05) is 6.92 Å². The maximum absolute atomic E-state index is 11.8. The molecular weight excluding hydrogens is 306 g/mol. The van der Waals surface area contributed by atoms with E-state index in [4.69, 9.17) is 4.52 Å². The van der Waals surface area contributed by atoms with Gasteiger partial charge in [-0.05, 0) is 12.8 Å². The van der Waals surface area contributed by atoms with Crippen LogP contribution >= 0.6 is 0 Å². The van der Waals surface area contributed by atoms with Crippen LogP contribution in [0.3, 0.4) is 0 Å². The number of aryl methyl sites for hydroxylation is 2. The molecule has 0 fully saturated rings. The number of guanidine groups is 1. The molecule has 1 aromatic rings. The molecule has 1 amide bonds. The molecule has 1 rings (SSSR count). The summed E-state index contributed by atoms with van der Waals surface area (Å²) in [5.74, 6) is 1.53. The minimum atomic E-state index is 0.00784. The van der Waals surface area contributed by atoms with Gasteiger partial charge in [-0.1, -0.05) is 32.3 Å². The van der Waals surface area contributed by atoms with Gasteiger partial charge < -0.3 is 20.1 Å². The number of rotatable bonds is 9. The van der Waals surface area contributed by atoms with Crippen molar-refractivity contribution < 1.29 is 9.32 Å². The van der Waals surface area contributed by atoms with E-state index in [1.165, 1.54) is 0 Å². The number of aromatic nitrogens is 1. The Hall–Kier alpha value is -2.05. The van der Waals surface area contributed by atoms with Gasteiger partial charge in [0.2, 0.25) is 5.91 Å². The molecule has 0 atom stereocenters. The van der Waals surface area contributed by atoms with E-state index < -0.39 is 0 Å². The van der Waals surface area contributed by atoms with Crippen LogP contribution in [0, 0.1) is 0 Å². The van der Waals surface area contributed by atoms with Gasteiger partial charge in [-0.15, -0.1) is 0 Å². The maximum Gasteiger partial charge on any atom is 0.241 e. The number of carbonyl (C=O) groups excluding carboxylic acids is 1. The first kappa shape index (κ1) is 20.0. The van der Waals surface area contributed by atoms with Gasteiger partial charge in [-0.3, -0.25) is 4.79 Å². The normalized spacial score (nSPS) is 11.5. The molecule has 0 saturated carbocycles. The lowest BCUT2D eigenvalue weighted by Gasteiger charge is -2.15. The molecule has 0 bridgehead atoms. The highest BCUT2D eigenvalue weighted by molar-refractivity contribution is 5.86. The first-order chi connectivity index (χ1) is 11.5. The Kier molecular flexibility index (Phi) is 8.89. The van der Waals surface area contributed by atoms with Gasteiger partial charge >= 0.3 is 0 Å². The largest absolute Gasteiger partial charge is 0.361 e. The topological polar surface area (TPSA) is 82.8 Å². The standard InChI is InChI=1S/C17H31N5O2/c1-6-9-10-18-17(20-12-16(23)22(4)5)19-11-13-14(7-2)21-24-15(13)8-3/h6-12H2,1-5H3,(H2,18,19,20). The zero-order valence-electron chi connectivity index (χ0n) is 15.6. The lowest BCUT2D eigenvalue weighted by molar-refractivity contribution is -0.127. The van der Waals surface area contributed by atoms with Gasteiger partial charge in [0.25, 0.3) is 0 Å². The van der Waals surface area contributed by atoms with Crippen molar-refractivity contribution in [1.82, 2.24) is 20.7 Å². The van der Waals surface area contributed by atoms with Crippen LogP contribution < -0.4 is 10.6 Å². The van der Waals surface area contributed by atoms with Crippen LogP contribution in [0.1, 0.15) is 50.6 Å². The molecule has 0 saturated heterocycles. The van der Waals surface area contributed by atoms with Crippen LogP contribution in [0.15, 0.2) is 9.52 Å². The van der Waals surface area contributed by atoms with E-state index in [0.717, 1.165) is 49.2 Å². The highest BCUT2D eigenvalue weighted by Crippen LogP contribution is 2.16. The molecule has 1 heterocycles. The van der Waals surface area contributed by atoms with Crippen LogP contribution in [-0.4, -0.2) is 49.1 Å². The first-order valence-electron chi connectivity index (χ1n) is 8.71. The van der Waals surface area contributed by atoms with Crippen molar-refractivity contribution in [2.45, 2.75) is 53.0 Å². The number of aliphatic imine (C=N–C) groups is 1. The number of amides is 1. The SMILES string of the molecule is CCCCNC(=NCc1c(CC)noc1CC)NCC(=O)N(C)C. The predicted octanol–water partition coefficient (Wildman–Crippen LogP) is 1.72. The van der Waals surface area contributed by atoms with E-state index in [1.54, 1.807) is 19.0 Å². The summed E-state index contributed by atoms with van der Waals surface area (Å²) in [5.41, 5.74) is 2.00. The van der Waals surface area contributed by atoms with Crippen molar-refractivity contribution in [2.24, 2.45) is 4.99 Å². The Morgan fingerprint density at radius 2 is 1.96 bits per heavy atom. The average molecular weight is 337 g/mol. The fraction of sp³-hybridized carbons (Fsp3) is 0.706. The summed E-state index contributed by atoms with van der Waals surface area (Å²) < 4.78 is 5.38. The Morgan fingerprint density at radius 3 is 2.54 bits per heavy atom. The summed E-state index contributed by atoms with van der Waals surface area (Å²) in [6.45, 7) is 7.77. The zero-order chi connectivity index (χ0) is 17.9. The molecule has 7 heteroatoms. The number of likely N-dealkylation sites (N-methyl/N-ethyl adjacent to an activating group) is 1. The molecule has 0 unspecified atom stereocenters. The summed E-state index contributed by atoms with van der Waals surface area (Å²) in [5, 5.41) is 10.5. The quantitative estimate of drug-likeness (QED) is 0.407. The number of unbranched alkanes of at least 4 members (excludes halogenated alkanes) is 1. The molecule has 0 aliphatic carbocycles. The first-order valence-corrected chi connectivity index (χ1v) is 8.71. The Balaban J connectivity index is 2.79. The van der Waals surface area contributed by atoms with Gasteiger partial charge in [0.15, 0.2) is 5.96 Å². The van der Waals surface area contributed by atoms with Crippen LogP contribution in [0.4, 0.5) is 0 Å². The van der Waals surface area contributed by atoms with Crippen LogP contribution in [0.25, 0.3) is 0 Å². The van der Waals surface area contributed by atoms with E-state index >= 15 is 0 Å².